The van der Waals surface area contributed by atoms with E-state index in [1.54, 1.807) is 0 Å². The molecule has 0 aliphatic carbocycles. The van der Waals surface area contributed by atoms with Crippen molar-refractivity contribution >= 4 is 31.6 Å². The van der Waals surface area contributed by atoms with Crippen LogP contribution in [0.2, 0.25) is 0 Å². The van der Waals surface area contributed by atoms with E-state index in [2.05, 4.69) is 9.71 Å². The van der Waals surface area contributed by atoms with Gasteiger partial charge in [-0.25, -0.2) is 31.3 Å². The van der Waals surface area contributed by atoms with Gasteiger partial charge in [0.1, 0.15) is 4.90 Å². The first-order chi connectivity index (χ1) is 11.4. The zero-order chi connectivity index (χ0) is 17.3. The molecule has 0 fully saturated rings. The van der Waals surface area contributed by atoms with E-state index in [4.69, 9.17) is 0 Å². The van der Waals surface area contributed by atoms with Crippen molar-refractivity contribution in [2.24, 2.45) is 0 Å². The van der Waals surface area contributed by atoms with Gasteiger partial charge in [0, 0.05) is 13.0 Å². The van der Waals surface area contributed by atoms with Gasteiger partial charge in [0.15, 0.2) is 17.5 Å². The Morgan fingerprint density at radius 3 is 2.54 bits per heavy atom. The van der Waals surface area contributed by atoms with Crippen LogP contribution in [0.25, 0.3) is 10.2 Å². The Bertz CT molecular complexity index is 970. The van der Waals surface area contributed by atoms with Crippen LogP contribution in [-0.4, -0.2) is 19.9 Å². The maximum absolute atomic E-state index is 13.6. The number of halogens is 3. The lowest BCUT2D eigenvalue weighted by molar-refractivity contribution is 0.431. The van der Waals surface area contributed by atoms with Gasteiger partial charge in [-0.15, -0.1) is 11.3 Å². The molecule has 0 radical (unpaired) electrons. The van der Waals surface area contributed by atoms with Crippen LogP contribution in [-0.2, 0) is 16.4 Å². The largest absolute Gasteiger partial charge is 0.243 e. The summed E-state index contributed by atoms with van der Waals surface area (Å²) in [6.07, 6.45) is 0.296. The van der Waals surface area contributed by atoms with Crippen LogP contribution in [0.5, 0.6) is 0 Å². The molecule has 3 aromatic rings. The van der Waals surface area contributed by atoms with Gasteiger partial charge in [0.2, 0.25) is 10.0 Å². The second kappa shape index (κ2) is 6.50. The molecule has 3 rings (SSSR count). The summed E-state index contributed by atoms with van der Waals surface area (Å²) in [6.45, 7) is -0.0411. The number of hydrogen-bond donors (Lipinski definition) is 1. The number of benzene rings is 2. The lowest BCUT2D eigenvalue weighted by atomic mass is 10.3. The molecule has 0 saturated carbocycles. The van der Waals surface area contributed by atoms with E-state index in [0.717, 1.165) is 10.2 Å². The van der Waals surface area contributed by atoms with Gasteiger partial charge >= 0.3 is 0 Å². The molecule has 0 amide bonds. The van der Waals surface area contributed by atoms with Crippen LogP contribution in [0.3, 0.4) is 0 Å². The highest BCUT2D eigenvalue weighted by molar-refractivity contribution is 7.89. The Kier molecular flexibility index (Phi) is 4.57. The summed E-state index contributed by atoms with van der Waals surface area (Å²) >= 11 is 1.42. The van der Waals surface area contributed by atoms with Gasteiger partial charge in [-0.2, -0.15) is 0 Å². The highest BCUT2D eigenvalue weighted by atomic mass is 32.2. The first kappa shape index (κ1) is 16.9. The molecule has 1 aromatic heterocycles. The Morgan fingerprint density at radius 2 is 1.79 bits per heavy atom. The lowest BCUT2D eigenvalue weighted by Gasteiger charge is -2.07. The van der Waals surface area contributed by atoms with Crippen LogP contribution in [0.15, 0.2) is 41.3 Å². The Labute approximate surface area is 140 Å². The van der Waals surface area contributed by atoms with Crippen molar-refractivity contribution in [3.63, 3.8) is 0 Å². The summed E-state index contributed by atoms with van der Waals surface area (Å²) < 4.78 is 66.8. The van der Waals surface area contributed by atoms with Crippen LogP contribution in [0.1, 0.15) is 5.01 Å². The molecule has 0 bridgehead atoms. The van der Waals surface area contributed by atoms with Crippen molar-refractivity contribution < 1.29 is 21.6 Å². The van der Waals surface area contributed by atoms with E-state index in [0.29, 0.717) is 23.6 Å². The fourth-order valence-electron chi connectivity index (χ4n) is 2.11. The Balaban J connectivity index is 1.72. The lowest BCUT2D eigenvalue weighted by Crippen LogP contribution is -2.27. The molecular weight excluding hydrogens is 361 g/mol. The summed E-state index contributed by atoms with van der Waals surface area (Å²) in [5, 5.41) is 0.713. The van der Waals surface area contributed by atoms with Gasteiger partial charge in [-0.05, 0) is 24.3 Å². The highest BCUT2D eigenvalue weighted by Gasteiger charge is 2.23. The average molecular weight is 372 g/mol. The summed E-state index contributed by atoms with van der Waals surface area (Å²) in [7, 11) is -4.29. The maximum Gasteiger partial charge on any atom is 0.243 e. The zero-order valence-corrected chi connectivity index (χ0v) is 13.7. The van der Waals surface area contributed by atoms with Crippen molar-refractivity contribution in [2.45, 2.75) is 11.3 Å². The number of hydrogen-bond acceptors (Lipinski definition) is 4. The monoisotopic (exact) mass is 372 g/mol. The third kappa shape index (κ3) is 3.28. The predicted molar refractivity (Wildman–Crippen MR) is 84.8 cm³/mol. The number of nitrogens with zero attached hydrogens (tertiary/aromatic N) is 1. The molecule has 126 valence electrons. The molecule has 9 heteroatoms. The molecule has 2 aromatic carbocycles. The van der Waals surface area contributed by atoms with Crippen LogP contribution in [0, 0.1) is 17.5 Å². The first-order valence-corrected chi connectivity index (χ1v) is 9.16. The zero-order valence-electron chi connectivity index (χ0n) is 12.1. The van der Waals surface area contributed by atoms with Crippen LogP contribution in [0.4, 0.5) is 13.2 Å². The minimum atomic E-state index is -4.29. The van der Waals surface area contributed by atoms with Crippen molar-refractivity contribution in [3.8, 4) is 0 Å². The average Bonchev–Trinajstić information content (AvgIpc) is 2.95. The predicted octanol–water partition coefficient (Wildman–Crippen LogP) is 3.23. The number of fused-ring (bicyclic) bond motifs is 1. The summed E-state index contributed by atoms with van der Waals surface area (Å²) in [4.78, 5) is 3.42. The Hall–Kier alpha value is -1.97. The van der Waals surface area contributed by atoms with Crippen LogP contribution < -0.4 is 4.72 Å². The Morgan fingerprint density at radius 1 is 1.04 bits per heavy atom. The topological polar surface area (TPSA) is 59.1 Å². The van der Waals surface area contributed by atoms with Crippen molar-refractivity contribution in [1.29, 1.82) is 0 Å². The minimum absolute atomic E-state index is 0.0411. The number of aromatic nitrogens is 1. The summed E-state index contributed by atoms with van der Waals surface area (Å²) in [5.74, 6) is -4.99. The summed E-state index contributed by atoms with van der Waals surface area (Å²) in [5.41, 5.74) is 0.812. The molecule has 0 aliphatic rings. The molecule has 1 heterocycles. The SMILES string of the molecule is O=S(=O)(NCCc1nc2ccccc2s1)c1ccc(F)c(F)c1F. The molecule has 24 heavy (non-hydrogen) atoms. The molecular formula is C15H11F3N2O2S2. The van der Waals surface area contributed by atoms with Gasteiger partial charge in [-0.3, -0.25) is 0 Å². The van der Waals surface area contributed by atoms with E-state index >= 15 is 0 Å². The fourth-order valence-corrected chi connectivity index (χ4v) is 4.18. The van der Waals surface area contributed by atoms with Crippen LogP contribution >= 0.6 is 11.3 Å². The van der Waals surface area contributed by atoms with E-state index < -0.39 is 32.4 Å². The van der Waals surface area contributed by atoms with E-state index in [1.807, 2.05) is 24.3 Å². The number of thiazole rings is 1. The highest BCUT2D eigenvalue weighted by Crippen LogP contribution is 2.22. The molecule has 0 saturated heterocycles. The summed E-state index contributed by atoms with van der Waals surface area (Å²) in [6, 6.07) is 8.72. The molecule has 0 unspecified atom stereocenters. The van der Waals surface area contributed by atoms with Gasteiger partial charge in [-0.1, -0.05) is 12.1 Å². The fraction of sp³-hybridized carbons (Fsp3) is 0.133. The van der Waals surface area contributed by atoms with Crippen molar-refractivity contribution in [1.82, 2.24) is 9.71 Å². The first-order valence-electron chi connectivity index (χ1n) is 6.86. The van der Waals surface area contributed by atoms with E-state index in [9.17, 15) is 21.6 Å². The quantitative estimate of drug-likeness (QED) is 0.700. The molecule has 4 nitrogen and oxygen atoms in total. The van der Waals surface area contributed by atoms with Crippen molar-refractivity contribution in [2.75, 3.05) is 6.54 Å². The number of nitrogens with one attached hydrogen (secondary N) is 1. The normalized spacial score (nSPS) is 12.0. The second-order valence-corrected chi connectivity index (χ2v) is 7.75. The van der Waals surface area contributed by atoms with E-state index in [-0.39, 0.29) is 6.54 Å². The molecule has 0 atom stereocenters. The number of rotatable bonds is 5. The standard InChI is InChI=1S/C15H11F3N2O2S2/c16-9-5-6-12(15(18)14(9)17)24(21,22)19-8-7-13-20-10-3-1-2-4-11(10)23-13/h1-6,19H,7-8H2. The van der Waals surface area contributed by atoms with Gasteiger partial charge < -0.3 is 0 Å². The van der Waals surface area contributed by atoms with E-state index in [1.165, 1.54) is 11.3 Å². The number of sulfonamides is 1. The second-order valence-electron chi connectivity index (χ2n) is 4.90. The minimum Gasteiger partial charge on any atom is -0.241 e. The van der Waals surface area contributed by atoms with Gasteiger partial charge in [0.05, 0.1) is 15.2 Å². The maximum atomic E-state index is 13.6. The molecule has 0 aliphatic heterocycles. The third-order valence-electron chi connectivity index (χ3n) is 3.26. The molecule has 1 N–H and O–H groups in total. The third-order valence-corrected chi connectivity index (χ3v) is 5.83. The van der Waals surface area contributed by atoms with Crippen molar-refractivity contribution in [3.05, 3.63) is 58.9 Å². The number of para-hydroxylation sites is 1. The molecule has 0 spiro atoms. The van der Waals surface area contributed by atoms with Gasteiger partial charge in [0.25, 0.3) is 0 Å². The smallest absolute Gasteiger partial charge is 0.241 e.